The van der Waals surface area contributed by atoms with Gasteiger partial charge in [0.2, 0.25) is 5.91 Å². The highest BCUT2D eigenvalue weighted by Crippen LogP contribution is 2.31. The third kappa shape index (κ3) is 6.10. The average Bonchev–Trinajstić information content (AvgIpc) is 3.48. The smallest absolute Gasteiger partial charge is 0.343 e. The van der Waals surface area contributed by atoms with Gasteiger partial charge in [0.05, 0.1) is 17.7 Å². The highest BCUT2D eigenvalue weighted by Gasteiger charge is 2.35. The van der Waals surface area contributed by atoms with Crippen LogP contribution in [0.15, 0.2) is 24.3 Å². The van der Waals surface area contributed by atoms with E-state index in [0.29, 0.717) is 19.1 Å². The molecule has 0 radical (unpaired) electrons. The van der Waals surface area contributed by atoms with Crippen LogP contribution in [0.3, 0.4) is 0 Å². The van der Waals surface area contributed by atoms with Crippen molar-refractivity contribution in [3.63, 3.8) is 0 Å². The Balaban J connectivity index is 0.00000280. The lowest BCUT2D eigenvalue weighted by Gasteiger charge is -2.32. The van der Waals surface area contributed by atoms with E-state index in [-0.39, 0.29) is 24.9 Å². The number of carbonyl (C=O) groups excluding carboxylic acids is 2. The number of amides is 2. The molecule has 156 valence electrons. The first-order valence-corrected chi connectivity index (χ1v) is 9.30. The minimum absolute atomic E-state index is 0. The number of alkyl halides is 3. The van der Waals surface area contributed by atoms with Gasteiger partial charge < -0.3 is 15.5 Å². The van der Waals surface area contributed by atoms with Crippen molar-refractivity contribution in [1.29, 1.82) is 0 Å². The van der Waals surface area contributed by atoms with Crippen molar-refractivity contribution in [2.75, 3.05) is 26.2 Å². The topological polar surface area (TPSA) is 61.4 Å². The Hall–Kier alpha value is -1.80. The Labute approximate surface area is 168 Å². The molecule has 2 amide bonds. The first-order chi connectivity index (χ1) is 12.8. The van der Waals surface area contributed by atoms with Crippen LogP contribution in [0.25, 0.3) is 0 Å². The van der Waals surface area contributed by atoms with Crippen LogP contribution in [0.1, 0.15) is 41.6 Å². The van der Waals surface area contributed by atoms with Crippen LogP contribution >= 0.6 is 12.4 Å². The first-order valence-electron chi connectivity index (χ1n) is 9.30. The van der Waals surface area contributed by atoms with Crippen LogP contribution in [-0.2, 0) is 11.0 Å². The van der Waals surface area contributed by atoms with E-state index in [0.717, 1.165) is 37.4 Å². The summed E-state index contributed by atoms with van der Waals surface area (Å²) < 4.78 is 39.0. The molecule has 1 aromatic carbocycles. The number of nitrogens with one attached hydrogen (secondary N) is 2. The number of rotatable bonds is 6. The number of hydrogen-bond acceptors (Lipinski definition) is 3. The Morgan fingerprint density at radius 1 is 1.07 bits per heavy atom. The molecule has 2 aliphatic rings. The van der Waals surface area contributed by atoms with Crippen LogP contribution in [-0.4, -0.2) is 48.9 Å². The molecule has 1 aromatic rings. The minimum atomic E-state index is -4.62. The molecular weight excluding hydrogens is 395 g/mol. The fourth-order valence-corrected chi connectivity index (χ4v) is 3.28. The number of carbonyl (C=O) groups is 2. The molecule has 1 heterocycles. The molecule has 3 rings (SSSR count). The van der Waals surface area contributed by atoms with E-state index < -0.39 is 23.2 Å². The lowest BCUT2D eigenvalue weighted by Crippen LogP contribution is -2.48. The summed E-state index contributed by atoms with van der Waals surface area (Å²) in [5, 5.41) is 5.84. The molecular formula is C19H25ClF3N3O2. The average molecular weight is 420 g/mol. The standard InChI is InChI=1S/C19H24F3N3O2.ClH/c20-19(21,22)16-4-2-1-3-15(16)18(27)24-12-17(26)25-9-7-14(8-10-25)23-11-13-5-6-13;/h1-4,13-14,23H,5-12H2,(H,24,27);1H. The van der Waals surface area contributed by atoms with Crippen molar-refractivity contribution in [3.8, 4) is 0 Å². The van der Waals surface area contributed by atoms with Gasteiger partial charge in [-0.1, -0.05) is 12.1 Å². The van der Waals surface area contributed by atoms with Crippen molar-refractivity contribution < 1.29 is 22.8 Å². The molecule has 0 atom stereocenters. The molecule has 1 saturated carbocycles. The second kappa shape index (κ2) is 9.60. The van der Waals surface area contributed by atoms with Gasteiger partial charge in [-0.05, 0) is 50.3 Å². The van der Waals surface area contributed by atoms with Crippen LogP contribution in [0.5, 0.6) is 0 Å². The number of halogens is 4. The van der Waals surface area contributed by atoms with Gasteiger partial charge in [0.25, 0.3) is 5.91 Å². The second-order valence-corrected chi connectivity index (χ2v) is 7.23. The fourth-order valence-electron chi connectivity index (χ4n) is 3.28. The maximum absolute atomic E-state index is 13.0. The van der Waals surface area contributed by atoms with E-state index in [2.05, 4.69) is 10.6 Å². The van der Waals surface area contributed by atoms with E-state index in [9.17, 15) is 22.8 Å². The molecule has 0 spiro atoms. The van der Waals surface area contributed by atoms with Crippen molar-refractivity contribution >= 4 is 24.2 Å². The summed E-state index contributed by atoms with van der Waals surface area (Å²) in [7, 11) is 0. The summed E-state index contributed by atoms with van der Waals surface area (Å²) in [5.41, 5.74) is -1.47. The Kier molecular flexibility index (Phi) is 7.71. The predicted octanol–water partition coefficient (Wildman–Crippen LogP) is 2.85. The minimum Gasteiger partial charge on any atom is -0.343 e. The number of likely N-dealkylation sites (tertiary alicyclic amines) is 1. The Bertz CT molecular complexity index is 687. The maximum atomic E-state index is 13.0. The van der Waals surface area contributed by atoms with Gasteiger partial charge in [0, 0.05) is 19.1 Å². The summed E-state index contributed by atoms with van der Waals surface area (Å²) in [5.74, 6) is -0.356. The Morgan fingerprint density at radius 3 is 2.32 bits per heavy atom. The molecule has 28 heavy (non-hydrogen) atoms. The molecule has 0 aromatic heterocycles. The quantitative estimate of drug-likeness (QED) is 0.745. The Morgan fingerprint density at radius 2 is 1.71 bits per heavy atom. The monoisotopic (exact) mass is 419 g/mol. The second-order valence-electron chi connectivity index (χ2n) is 7.23. The van der Waals surface area contributed by atoms with Crippen LogP contribution < -0.4 is 10.6 Å². The van der Waals surface area contributed by atoms with Crippen LogP contribution in [0.4, 0.5) is 13.2 Å². The molecule has 1 aliphatic carbocycles. The van der Waals surface area contributed by atoms with Crippen LogP contribution in [0, 0.1) is 5.92 Å². The zero-order valence-corrected chi connectivity index (χ0v) is 16.2. The van der Waals surface area contributed by atoms with Gasteiger partial charge in [-0.25, -0.2) is 0 Å². The van der Waals surface area contributed by atoms with Crippen molar-refractivity contribution in [2.24, 2.45) is 5.92 Å². The third-order valence-electron chi connectivity index (χ3n) is 5.12. The molecule has 2 fully saturated rings. The number of benzene rings is 1. The maximum Gasteiger partial charge on any atom is 0.417 e. The first kappa shape index (κ1) is 22.5. The fraction of sp³-hybridized carbons (Fsp3) is 0.579. The predicted molar refractivity (Wildman–Crippen MR) is 101 cm³/mol. The highest BCUT2D eigenvalue weighted by atomic mass is 35.5. The van der Waals surface area contributed by atoms with E-state index >= 15 is 0 Å². The van der Waals surface area contributed by atoms with Gasteiger partial charge in [-0.15, -0.1) is 12.4 Å². The van der Waals surface area contributed by atoms with E-state index in [4.69, 9.17) is 0 Å². The SMILES string of the molecule is Cl.O=C(NCC(=O)N1CCC(NCC2CC2)CC1)c1ccccc1C(F)(F)F. The zero-order chi connectivity index (χ0) is 19.4. The summed E-state index contributed by atoms with van der Waals surface area (Å²) in [6.45, 7) is 1.92. The van der Waals surface area contributed by atoms with Crippen molar-refractivity contribution in [1.82, 2.24) is 15.5 Å². The number of piperidine rings is 1. The molecule has 9 heteroatoms. The highest BCUT2D eigenvalue weighted by molar-refractivity contribution is 5.97. The molecule has 1 saturated heterocycles. The van der Waals surface area contributed by atoms with E-state index in [1.807, 2.05) is 0 Å². The normalized spacial score (nSPS) is 17.8. The van der Waals surface area contributed by atoms with E-state index in [1.54, 1.807) is 4.90 Å². The number of nitrogens with zero attached hydrogens (tertiary/aromatic N) is 1. The summed E-state index contributed by atoms with van der Waals surface area (Å²) >= 11 is 0. The van der Waals surface area contributed by atoms with Crippen molar-refractivity contribution in [2.45, 2.75) is 37.9 Å². The van der Waals surface area contributed by atoms with Gasteiger partial charge in [-0.2, -0.15) is 13.2 Å². The lowest BCUT2D eigenvalue weighted by molar-refractivity contribution is -0.137. The van der Waals surface area contributed by atoms with E-state index in [1.165, 1.54) is 25.0 Å². The summed E-state index contributed by atoms with van der Waals surface area (Å²) in [6.07, 6.45) is -0.330. The lowest BCUT2D eigenvalue weighted by atomic mass is 10.0. The summed E-state index contributed by atoms with van der Waals surface area (Å²) in [4.78, 5) is 26.0. The van der Waals surface area contributed by atoms with Gasteiger partial charge in [-0.3, -0.25) is 9.59 Å². The summed E-state index contributed by atoms with van der Waals surface area (Å²) in [6, 6.07) is 4.97. The van der Waals surface area contributed by atoms with Gasteiger partial charge >= 0.3 is 6.18 Å². The number of hydrogen-bond donors (Lipinski definition) is 2. The van der Waals surface area contributed by atoms with Crippen molar-refractivity contribution in [3.05, 3.63) is 35.4 Å². The van der Waals surface area contributed by atoms with Gasteiger partial charge in [0.1, 0.15) is 0 Å². The van der Waals surface area contributed by atoms with Crippen LogP contribution in [0.2, 0.25) is 0 Å². The van der Waals surface area contributed by atoms with Gasteiger partial charge in [0.15, 0.2) is 0 Å². The largest absolute Gasteiger partial charge is 0.417 e. The zero-order valence-electron chi connectivity index (χ0n) is 15.4. The molecule has 5 nitrogen and oxygen atoms in total. The molecule has 0 bridgehead atoms. The molecule has 2 N–H and O–H groups in total. The molecule has 0 unspecified atom stereocenters. The molecule has 1 aliphatic heterocycles. The third-order valence-corrected chi connectivity index (χ3v) is 5.12.